The maximum absolute atomic E-state index is 5.73. The quantitative estimate of drug-likeness (QED) is 0.880. The van der Waals surface area contributed by atoms with Gasteiger partial charge in [0, 0.05) is 32.7 Å². The second-order valence-corrected chi connectivity index (χ2v) is 5.92. The van der Waals surface area contributed by atoms with Crippen molar-refractivity contribution in [2.24, 2.45) is 11.7 Å². The van der Waals surface area contributed by atoms with Gasteiger partial charge in [0.1, 0.15) is 5.82 Å². The molecule has 20 heavy (non-hydrogen) atoms. The number of hydrogen-bond donors (Lipinski definition) is 1. The first-order valence-electron chi connectivity index (χ1n) is 7.41. The molecule has 0 aliphatic heterocycles. The lowest BCUT2D eigenvalue weighted by Crippen LogP contribution is -2.11. The van der Waals surface area contributed by atoms with Gasteiger partial charge >= 0.3 is 0 Å². The Morgan fingerprint density at radius 2 is 2.25 bits per heavy atom. The standard InChI is InChI=1S/C16H23N3O/c1-11(10-20-2)7-16-18-14-8-12(9-17)3-6-15(14)19(16)13-4-5-13/h3,6,8,11,13H,4-5,7,9-10,17H2,1-2H3. The third-order valence-corrected chi connectivity index (χ3v) is 3.96. The van der Waals surface area contributed by atoms with Crippen LogP contribution in [0.5, 0.6) is 0 Å². The van der Waals surface area contributed by atoms with Crippen LogP contribution in [0.1, 0.15) is 37.2 Å². The summed E-state index contributed by atoms with van der Waals surface area (Å²) < 4.78 is 7.68. The van der Waals surface area contributed by atoms with E-state index in [1.165, 1.54) is 24.2 Å². The molecule has 1 unspecified atom stereocenters. The van der Waals surface area contributed by atoms with Crippen LogP contribution in [0, 0.1) is 5.92 Å². The third kappa shape index (κ3) is 2.58. The van der Waals surface area contributed by atoms with Crippen molar-refractivity contribution in [3.63, 3.8) is 0 Å². The van der Waals surface area contributed by atoms with E-state index in [0.717, 1.165) is 24.1 Å². The van der Waals surface area contributed by atoms with E-state index in [0.29, 0.717) is 18.5 Å². The van der Waals surface area contributed by atoms with E-state index in [9.17, 15) is 0 Å². The summed E-state index contributed by atoms with van der Waals surface area (Å²) in [5.74, 6) is 1.68. The Hall–Kier alpha value is -1.39. The molecular weight excluding hydrogens is 250 g/mol. The fourth-order valence-electron chi connectivity index (χ4n) is 2.86. The van der Waals surface area contributed by atoms with Gasteiger partial charge in [-0.15, -0.1) is 0 Å². The number of ether oxygens (including phenoxy) is 1. The van der Waals surface area contributed by atoms with E-state index in [2.05, 4.69) is 29.7 Å². The van der Waals surface area contributed by atoms with Crippen LogP contribution in [0.4, 0.5) is 0 Å². The molecule has 4 nitrogen and oxygen atoms in total. The minimum absolute atomic E-state index is 0.489. The van der Waals surface area contributed by atoms with Crippen molar-refractivity contribution in [3.8, 4) is 0 Å². The number of nitrogens with two attached hydrogens (primary N) is 1. The van der Waals surface area contributed by atoms with Crippen LogP contribution in [0.3, 0.4) is 0 Å². The van der Waals surface area contributed by atoms with Crippen molar-refractivity contribution in [2.45, 2.75) is 38.8 Å². The average Bonchev–Trinajstić information content (AvgIpc) is 3.20. The Morgan fingerprint density at radius 3 is 2.90 bits per heavy atom. The molecule has 2 N–H and O–H groups in total. The molecule has 4 heteroatoms. The minimum atomic E-state index is 0.489. The molecule has 1 aliphatic rings. The number of benzene rings is 1. The molecule has 0 radical (unpaired) electrons. The summed E-state index contributed by atoms with van der Waals surface area (Å²) in [5, 5.41) is 0. The van der Waals surface area contributed by atoms with Gasteiger partial charge in [0.25, 0.3) is 0 Å². The van der Waals surface area contributed by atoms with Gasteiger partial charge in [0.15, 0.2) is 0 Å². The van der Waals surface area contributed by atoms with E-state index in [1.807, 2.05) is 0 Å². The number of fused-ring (bicyclic) bond motifs is 1. The first-order chi connectivity index (χ1) is 9.72. The fourth-order valence-corrected chi connectivity index (χ4v) is 2.86. The first-order valence-corrected chi connectivity index (χ1v) is 7.41. The van der Waals surface area contributed by atoms with Gasteiger partial charge in [0.2, 0.25) is 0 Å². The maximum Gasteiger partial charge on any atom is 0.110 e. The highest BCUT2D eigenvalue weighted by atomic mass is 16.5. The monoisotopic (exact) mass is 273 g/mol. The zero-order chi connectivity index (χ0) is 14.1. The Labute approximate surface area is 119 Å². The van der Waals surface area contributed by atoms with Crippen molar-refractivity contribution in [2.75, 3.05) is 13.7 Å². The molecule has 108 valence electrons. The molecule has 1 aromatic carbocycles. The van der Waals surface area contributed by atoms with Crippen LogP contribution < -0.4 is 5.73 Å². The molecule has 3 rings (SSSR count). The topological polar surface area (TPSA) is 53.1 Å². The Morgan fingerprint density at radius 1 is 1.45 bits per heavy atom. The van der Waals surface area contributed by atoms with Gasteiger partial charge < -0.3 is 15.0 Å². The van der Waals surface area contributed by atoms with Crippen LogP contribution >= 0.6 is 0 Å². The predicted molar refractivity (Wildman–Crippen MR) is 80.6 cm³/mol. The highest BCUT2D eigenvalue weighted by Gasteiger charge is 2.28. The Balaban J connectivity index is 1.99. The highest BCUT2D eigenvalue weighted by Crippen LogP contribution is 2.39. The van der Waals surface area contributed by atoms with Crippen LogP contribution in [0.25, 0.3) is 11.0 Å². The zero-order valence-corrected chi connectivity index (χ0v) is 12.3. The SMILES string of the molecule is COCC(C)Cc1nc2cc(CN)ccc2n1C1CC1. The summed E-state index contributed by atoms with van der Waals surface area (Å²) >= 11 is 0. The van der Waals surface area contributed by atoms with Gasteiger partial charge in [0.05, 0.1) is 11.0 Å². The van der Waals surface area contributed by atoms with Gasteiger partial charge in [-0.3, -0.25) is 0 Å². The van der Waals surface area contributed by atoms with E-state index in [4.69, 9.17) is 15.5 Å². The van der Waals surface area contributed by atoms with E-state index < -0.39 is 0 Å². The van der Waals surface area contributed by atoms with Gasteiger partial charge in [-0.05, 0) is 36.5 Å². The highest BCUT2D eigenvalue weighted by molar-refractivity contribution is 5.77. The molecule has 1 atom stereocenters. The van der Waals surface area contributed by atoms with Gasteiger partial charge in [-0.2, -0.15) is 0 Å². The van der Waals surface area contributed by atoms with Crippen LogP contribution in [-0.2, 0) is 17.7 Å². The normalized spacial score (nSPS) is 16.8. The molecule has 0 saturated heterocycles. The van der Waals surface area contributed by atoms with Crippen LogP contribution in [0.15, 0.2) is 18.2 Å². The van der Waals surface area contributed by atoms with Crippen LogP contribution in [-0.4, -0.2) is 23.3 Å². The first kappa shape index (κ1) is 13.6. The minimum Gasteiger partial charge on any atom is -0.384 e. The number of rotatable bonds is 6. The smallest absolute Gasteiger partial charge is 0.110 e. The van der Waals surface area contributed by atoms with E-state index in [-0.39, 0.29) is 0 Å². The summed E-state index contributed by atoms with van der Waals surface area (Å²) in [7, 11) is 1.76. The average molecular weight is 273 g/mol. The second kappa shape index (κ2) is 5.54. The molecule has 1 heterocycles. The number of imidazole rings is 1. The molecule has 1 saturated carbocycles. The number of methoxy groups -OCH3 is 1. The molecule has 0 bridgehead atoms. The summed E-state index contributed by atoms with van der Waals surface area (Å²) in [5.41, 5.74) is 9.21. The maximum atomic E-state index is 5.73. The zero-order valence-electron chi connectivity index (χ0n) is 12.3. The van der Waals surface area contributed by atoms with Crippen LogP contribution in [0.2, 0.25) is 0 Å². The summed E-state index contributed by atoms with van der Waals surface area (Å²) in [6, 6.07) is 7.06. The van der Waals surface area contributed by atoms with Gasteiger partial charge in [-0.1, -0.05) is 13.0 Å². The Bertz CT molecular complexity index is 601. The molecule has 1 aromatic heterocycles. The van der Waals surface area contributed by atoms with E-state index in [1.54, 1.807) is 7.11 Å². The molecule has 1 fully saturated rings. The molecular formula is C16H23N3O. The number of hydrogen-bond acceptors (Lipinski definition) is 3. The summed E-state index contributed by atoms with van der Waals surface area (Å²) in [6.45, 7) is 3.56. The fraction of sp³-hybridized carbons (Fsp3) is 0.562. The lowest BCUT2D eigenvalue weighted by molar-refractivity contribution is 0.158. The van der Waals surface area contributed by atoms with Crippen molar-refractivity contribution in [1.82, 2.24) is 9.55 Å². The molecule has 0 spiro atoms. The molecule has 1 aliphatic carbocycles. The number of aromatic nitrogens is 2. The van der Waals surface area contributed by atoms with E-state index >= 15 is 0 Å². The van der Waals surface area contributed by atoms with Crippen molar-refractivity contribution in [3.05, 3.63) is 29.6 Å². The second-order valence-electron chi connectivity index (χ2n) is 5.92. The Kier molecular flexibility index (Phi) is 3.76. The molecule has 2 aromatic rings. The third-order valence-electron chi connectivity index (χ3n) is 3.96. The van der Waals surface area contributed by atoms with Crippen molar-refractivity contribution >= 4 is 11.0 Å². The lowest BCUT2D eigenvalue weighted by Gasteiger charge is -2.12. The molecule has 0 amide bonds. The number of nitrogens with zero attached hydrogens (tertiary/aromatic N) is 2. The van der Waals surface area contributed by atoms with Gasteiger partial charge in [-0.25, -0.2) is 4.98 Å². The van der Waals surface area contributed by atoms with Crippen molar-refractivity contribution in [1.29, 1.82) is 0 Å². The lowest BCUT2D eigenvalue weighted by atomic mass is 10.1. The van der Waals surface area contributed by atoms with Crippen molar-refractivity contribution < 1.29 is 4.74 Å². The summed E-state index contributed by atoms with van der Waals surface area (Å²) in [4.78, 5) is 4.86. The largest absolute Gasteiger partial charge is 0.384 e. The summed E-state index contributed by atoms with van der Waals surface area (Å²) in [6.07, 6.45) is 3.52. The predicted octanol–water partition coefficient (Wildman–Crippen LogP) is 2.65.